The van der Waals surface area contributed by atoms with Crippen molar-refractivity contribution >= 4 is 50.3 Å². The standard InChI is InChI=1S/C22H21BrN4O3S/c1-12-8-15(23)9-13(2)19(12)24-18(28)11-31-22-26-25-21(27(22)3)17-10-14-6-5-7-16(29-4)20(14)30-17/h5-10H,11H2,1-4H3,(H,24,28). The summed E-state index contributed by atoms with van der Waals surface area (Å²) < 4.78 is 14.1. The van der Waals surface area contributed by atoms with Gasteiger partial charge in [-0.15, -0.1) is 10.2 Å². The number of methoxy groups -OCH3 is 1. The molecule has 0 bridgehead atoms. The number of fused-ring (bicyclic) bond motifs is 1. The normalized spacial score (nSPS) is 11.1. The van der Waals surface area contributed by atoms with E-state index in [-0.39, 0.29) is 11.7 Å². The lowest BCUT2D eigenvalue weighted by atomic mass is 10.1. The molecule has 0 aliphatic carbocycles. The third kappa shape index (κ3) is 4.33. The summed E-state index contributed by atoms with van der Waals surface area (Å²) in [4.78, 5) is 12.5. The number of hydrogen-bond acceptors (Lipinski definition) is 6. The minimum atomic E-state index is -0.100. The van der Waals surface area contributed by atoms with Crippen LogP contribution in [0.25, 0.3) is 22.6 Å². The lowest BCUT2D eigenvalue weighted by Crippen LogP contribution is -2.16. The van der Waals surface area contributed by atoms with Crippen LogP contribution in [0.4, 0.5) is 5.69 Å². The molecule has 0 unspecified atom stereocenters. The SMILES string of the molecule is COc1cccc2cc(-c3nnc(SCC(=O)Nc4c(C)cc(Br)cc4C)n3C)oc12. The van der Waals surface area contributed by atoms with E-state index in [0.29, 0.717) is 28.1 Å². The van der Waals surface area contributed by atoms with Gasteiger partial charge in [0, 0.05) is 22.6 Å². The molecule has 0 fully saturated rings. The highest BCUT2D eigenvalue weighted by Gasteiger charge is 2.18. The first kappa shape index (κ1) is 21.5. The maximum atomic E-state index is 12.5. The van der Waals surface area contributed by atoms with Gasteiger partial charge in [0.2, 0.25) is 5.91 Å². The second kappa shape index (κ2) is 8.76. The molecular weight excluding hydrogens is 480 g/mol. The number of ether oxygens (including phenoxy) is 1. The van der Waals surface area contributed by atoms with Crippen molar-refractivity contribution in [2.24, 2.45) is 7.05 Å². The van der Waals surface area contributed by atoms with Crippen molar-refractivity contribution in [1.82, 2.24) is 14.8 Å². The summed E-state index contributed by atoms with van der Waals surface area (Å²) in [6.45, 7) is 3.94. The molecular formula is C22H21BrN4O3S. The van der Waals surface area contributed by atoms with Crippen LogP contribution in [0.2, 0.25) is 0 Å². The van der Waals surface area contributed by atoms with Crippen molar-refractivity contribution in [1.29, 1.82) is 0 Å². The van der Waals surface area contributed by atoms with E-state index < -0.39 is 0 Å². The summed E-state index contributed by atoms with van der Waals surface area (Å²) in [5.41, 5.74) is 3.51. The number of benzene rings is 2. The smallest absolute Gasteiger partial charge is 0.234 e. The quantitative estimate of drug-likeness (QED) is 0.359. The number of carbonyl (C=O) groups is 1. The Labute approximate surface area is 192 Å². The molecule has 0 saturated heterocycles. The molecule has 160 valence electrons. The van der Waals surface area contributed by atoms with Crippen molar-refractivity contribution in [3.63, 3.8) is 0 Å². The van der Waals surface area contributed by atoms with E-state index in [9.17, 15) is 4.79 Å². The maximum absolute atomic E-state index is 12.5. The summed E-state index contributed by atoms with van der Waals surface area (Å²) in [6.07, 6.45) is 0. The van der Waals surface area contributed by atoms with Crippen molar-refractivity contribution in [3.8, 4) is 17.3 Å². The zero-order chi connectivity index (χ0) is 22.1. The molecule has 7 nitrogen and oxygen atoms in total. The van der Waals surface area contributed by atoms with E-state index in [4.69, 9.17) is 9.15 Å². The number of carbonyl (C=O) groups excluding carboxylic acids is 1. The van der Waals surface area contributed by atoms with E-state index in [1.165, 1.54) is 11.8 Å². The zero-order valence-electron chi connectivity index (χ0n) is 17.5. The molecule has 2 heterocycles. The molecule has 2 aromatic carbocycles. The van der Waals surface area contributed by atoms with Crippen LogP contribution in [-0.4, -0.2) is 33.5 Å². The number of furan rings is 1. The number of nitrogens with one attached hydrogen (secondary N) is 1. The predicted molar refractivity (Wildman–Crippen MR) is 126 cm³/mol. The number of rotatable bonds is 6. The van der Waals surface area contributed by atoms with Gasteiger partial charge in [-0.2, -0.15) is 0 Å². The number of nitrogens with zero attached hydrogens (tertiary/aromatic N) is 3. The zero-order valence-corrected chi connectivity index (χ0v) is 19.9. The van der Waals surface area contributed by atoms with Gasteiger partial charge in [0.05, 0.1) is 12.9 Å². The molecule has 0 saturated carbocycles. The number of para-hydroxylation sites is 1. The Morgan fingerprint density at radius 3 is 2.68 bits per heavy atom. The molecule has 9 heteroatoms. The van der Waals surface area contributed by atoms with Gasteiger partial charge in [0.15, 0.2) is 28.1 Å². The largest absolute Gasteiger partial charge is 0.493 e. The lowest BCUT2D eigenvalue weighted by Gasteiger charge is -2.12. The van der Waals surface area contributed by atoms with Crippen molar-refractivity contribution in [2.75, 3.05) is 18.2 Å². The van der Waals surface area contributed by atoms with Crippen LogP contribution >= 0.6 is 27.7 Å². The van der Waals surface area contributed by atoms with Crippen LogP contribution in [0.1, 0.15) is 11.1 Å². The van der Waals surface area contributed by atoms with Gasteiger partial charge in [-0.25, -0.2) is 0 Å². The molecule has 0 aliphatic rings. The van der Waals surface area contributed by atoms with Crippen LogP contribution in [0.15, 0.2) is 50.4 Å². The van der Waals surface area contributed by atoms with Gasteiger partial charge < -0.3 is 19.0 Å². The Hall–Kier alpha value is -2.78. The Morgan fingerprint density at radius 1 is 1.23 bits per heavy atom. The highest BCUT2D eigenvalue weighted by molar-refractivity contribution is 9.10. The molecule has 4 aromatic rings. The molecule has 0 radical (unpaired) electrons. The number of thioether (sulfide) groups is 1. The fourth-order valence-electron chi connectivity index (χ4n) is 3.38. The number of aryl methyl sites for hydroxylation is 2. The third-order valence-corrected chi connectivity index (χ3v) is 6.36. The van der Waals surface area contributed by atoms with Crippen LogP contribution < -0.4 is 10.1 Å². The molecule has 31 heavy (non-hydrogen) atoms. The van der Waals surface area contributed by atoms with Gasteiger partial charge in [0.1, 0.15) is 0 Å². The minimum Gasteiger partial charge on any atom is -0.493 e. The van der Waals surface area contributed by atoms with Gasteiger partial charge in [-0.1, -0.05) is 39.8 Å². The Kier molecular flexibility index (Phi) is 6.06. The monoisotopic (exact) mass is 500 g/mol. The highest BCUT2D eigenvalue weighted by atomic mass is 79.9. The van der Waals surface area contributed by atoms with Crippen LogP contribution in [0.5, 0.6) is 5.75 Å². The van der Waals surface area contributed by atoms with E-state index in [2.05, 4.69) is 31.4 Å². The predicted octanol–water partition coefficient (Wildman–Crippen LogP) is 5.35. The average molecular weight is 501 g/mol. The van der Waals surface area contributed by atoms with Gasteiger partial charge >= 0.3 is 0 Å². The first-order valence-electron chi connectivity index (χ1n) is 9.53. The summed E-state index contributed by atoms with van der Waals surface area (Å²) in [7, 11) is 3.46. The summed E-state index contributed by atoms with van der Waals surface area (Å²) in [6, 6.07) is 11.6. The summed E-state index contributed by atoms with van der Waals surface area (Å²) in [5.74, 6) is 1.95. The fourth-order valence-corrected chi connectivity index (χ4v) is 4.77. The average Bonchev–Trinajstić information content (AvgIpc) is 3.32. The molecule has 0 aliphatic heterocycles. The molecule has 4 rings (SSSR count). The Bertz CT molecular complexity index is 1260. The number of amides is 1. The van der Waals surface area contributed by atoms with Gasteiger partial charge in [-0.05, 0) is 49.2 Å². The molecule has 1 N–H and O–H groups in total. The number of aromatic nitrogens is 3. The van der Waals surface area contributed by atoms with Crippen molar-refractivity contribution in [3.05, 3.63) is 52.0 Å². The number of halogens is 1. The first-order valence-corrected chi connectivity index (χ1v) is 11.3. The van der Waals surface area contributed by atoms with E-state index >= 15 is 0 Å². The highest BCUT2D eigenvalue weighted by Crippen LogP contribution is 2.33. The van der Waals surface area contributed by atoms with Crippen molar-refractivity contribution < 1.29 is 13.9 Å². The van der Waals surface area contributed by atoms with Gasteiger partial charge in [-0.3, -0.25) is 4.79 Å². The summed E-state index contributed by atoms with van der Waals surface area (Å²) in [5, 5.41) is 13.0. The molecule has 0 atom stereocenters. The van der Waals surface area contributed by atoms with Crippen LogP contribution in [-0.2, 0) is 11.8 Å². The van der Waals surface area contributed by atoms with Crippen molar-refractivity contribution in [2.45, 2.75) is 19.0 Å². The Balaban J connectivity index is 1.49. The van der Waals surface area contributed by atoms with E-state index in [1.807, 2.05) is 61.9 Å². The minimum absolute atomic E-state index is 0.100. The van der Waals surface area contributed by atoms with Crippen LogP contribution in [0, 0.1) is 13.8 Å². The topological polar surface area (TPSA) is 82.2 Å². The maximum Gasteiger partial charge on any atom is 0.234 e. The lowest BCUT2D eigenvalue weighted by molar-refractivity contribution is -0.113. The number of hydrogen-bond donors (Lipinski definition) is 1. The molecule has 2 aromatic heterocycles. The third-order valence-electron chi connectivity index (χ3n) is 4.88. The summed E-state index contributed by atoms with van der Waals surface area (Å²) >= 11 is 4.79. The van der Waals surface area contributed by atoms with Crippen LogP contribution in [0.3, 0.4) is 0 Å². The number of anilines is 1. The second-order valence-corrected chi connectivity index (χ2v) is 8.96. The second-order valence-electron chi connectivity index (χ2n) is 7.11. The Morgan fingerprint density at radius 2 is 1.97 bits per heavy atom. The van der Waals surface area contributed by atoms with E-state index in [0.717, 1.165) is 26.7 Å². The van der Waals surface area contributed by atoms with E-state index in [1.54, 1.807) is 7.11 Å². The first-order chi connectivity index (χ1) is 14.9. The molecule has 1 amide bonds. The molecule has 0 spiro atoms. The van der Waals surface area contributed by atoms with Gasteiger partial charge in [0.25, 0.3) is 0 Å². The fraction of sp³-hybridized carbons (Fsp3) is 0.227.